The van der Waals surface area contributed by atoms with Gasteiger partial charge in [0, 0.05) is 24.2 Å². The summed E-state index contributed by atoms with van der Waals surface area (Å²) in [6.07, 6.45) is 1.02. The van der Waals surface area contributed by atoms with E-state index in [1.165, 1.54) is 18.1 Å². The SMILES string of the molecule is CCNC(=O)C(C)N(Cc1cccc(Cl)c1)C(=O)CN(c1cccc(OC)c1)S(C)(=O)=O. The molecule has 8 nitrogen and oxygen atoms in total. The zero-order valence-electron chi connectivity index (χ0n) is 18.5. The third-order valence-electron chi connectivity index (χ3n) is 4.78. The van der Waals surface area contributed by atoms with Crippen molar-refractivity contribution in [3.05, 3.63) is 59.1 Å². The second kappa shape index (κ2) is 11.2. The van der Waals surface area contributed by atoms with Gasteiger partial charge in [-0.25, -0.2) is 8.42 Å². The molecule has 0 spiro atoms. The van der Waals surface area contributed by atoms with Gasteiger partial charge in [0.1, 0.15) is 18.3 Å². The summed E-state index contributed by atoms with van der Waals surface area (Å²) in [6, 6.07) is 12.5. The van der Waals surface area contributed by atoms with Crippen LogP contribution >= 0.6 is 11.6 Å². The van der Waals surface area contributed by atoms with Crippen LogP contribution in [-0.4, -0.2) is 57.6 Å². The zero-order valence-corrected chi connectivity index (χ0v) is 20.1. The summed E-state index contributed by atoms with van der Waals surface area (Å²) in [6.45, 7) is 3.40. The number of anilines is 1. The fraction of sp³-hybridized carbons (Fsp3) is 0.364. The lowest BCUT2D eigenvalue weighted by Gasteiger charge is -2.31. The van der Waals surface area contributed by atoms with Crippen LogP contribution in [0, 0.1) is 0 Å². The highest BCUT2D eigenvalue weighted by Crippen LogP contribution is 2.24. The number of halogens is 1. The van der Waals surface area contributed by atoms with E-state index in [-0.39, 0.29) is 18.1 Å². The molecule has 0 fully saturated rings. The van der Waals surface area contributed by atoms with Gasteiger partial charge in [-0.15, -0.1) is 0 Å². The van der Waals surface area contributed by atoms with Crippen LogP contribution in [-0.2, 0) is 26.2 Å². The molecule has 0 saturated carbocycles. The normalized spacial score (nSPS) is 12.0. The number of rotatable bonds is 10. The van der Waals surface area contributed by atoms with Gasteiger partial charge in [-0.05, 0) is 43.7 Å². The molecule has 1 N–H and O–H groups in total. The van der Waals surface area contributed by atoms with Crippen LogP contribution in [0.1, 0.15) is 19.4 Å². The van der Waals surface area contributed by atoms with E-state index in [0.717, 1.165) is 10.6 Å². The molecule has 2 aromatic rings. The van der Waals surface area contributed by atoms with Gasteiger partial charge in [-0.2, -0.15) is 0 Å². The van der Waals surface area contributed by atoms with Crippen LogP contribution in [0.15, 0.2) is 48.5 Å². The molecule has 0 aliphatic heterocycles. The molecule has 0 aromatic heterocycles. The van der Waals surface area contributed by atoms with Gasteiger partial charge in [-0.3, -0.25) is 13.9 Å². The van der Waals surface area contributed by atoms with E-state index in [1.807, 2.05) is 0 Å². The average Bonchev–Trinajstić information content (AvgIpc) is 2.74. The van der Waals surface area contributed by atoms with Crippen molar-refractivity contribution in [3.63, 3.8) is 0 Å². The molecular formula is C22H28ClN3O5S. The highest BCUT2D eigenvalue weighted by molar-refractivity contribution is 7.92. The fourth-order valence-corrected chi connectivity index (χ4v) is 4.17. The molecular weight excluding hydrogens is 454 g/mol. The molecule has 10 heteroatoms. The summed E-state index contributed by atoms with van der Waals surface area (Å²) < 4.78 is 31.2. The van der Waals surface area contributed by atoms with Gasteiger partial charge in [0.05, 0.1) is 19.1 Å². The number of hydrogen-bond donors (Lipinski definition) is 1. The molecule has 174 valence electrons. The number of carbonyl (C=O) groups is 2. The molecule has 2 rings (SSSR count). The number of sulfonamides is 1. The molecule has 0 heterocycles. The predicted molar refractivity (Wildman–Crippen MR) is 125 cm³/mol. The van der Waals surface area contributed by atoms with Gasteiger partial charge in [0.25, 0.3) is 0 Å². The van der Waals surface area contributed by atoms with E-state index in [4.69, 9.17) is 16.3 Å². The average molecular weight is 482 g/mol. The number of ether oxygens (including phenoxy) is 1. The Hall–Kier alpha value is -2.78. The smallest absolute Gasteiger partial charge is 0.244 e. The van der Waals surface area contributed by atoms with Crippen LogP contribution in [0.4, 0.5) is 5.69 Å². The van der Waals surface area contributed by atoms with Crippen LogP contribution in [0.5, 0.6) is 5.75 Å². The standard InChI is InChI=1S/C22H28ClN3O5S/c1-5-24-22(28)16(2)25(14-17-8-6-9-18(23)12-17)21(27)15-26(32(4,29)30)19-10-7-11-20(13-19)31-3/h6-13,16H,5,14-15H2,1-4H3,(H,24,28). The van der Waals surface area contributed by atoms with Crippen LogP contribution in [0.2, 0.25) is 5.02 Å². The fourth-order valence-electron chi connectivity index (χ4n) is 3.12. The maximum absolute atomic E-state index is 13.3. The molecule has 2 aromatic carbocycles. The van der Waals surface area contributed by atoms with Crippen molar-refractivity contribution >= 4 is 39.1 Å². The monoisotopic (exact) mass is 481 g/mol. The lowest BCUT2D eigenvalue weighted by Crippen LogP contribution is -2.51. The van der Waals surface area contributed by atoms with Gasteiger partial charge < -0.3 is 15.0 Å². The Morgan fingerprint density at radius 3 is 2.44 bits per heavy atom. The van der Waals surface area contributed by atoms with Gasteiger partial charge in [0.15, 0.2) is 0 Å². The Kier molecular flexibility index (Phi) is 8.91. The second-order valence-electron chi connectivity index (χ2n) is 7.19. The first-order chi connectivity index (χ1) is 15.1. The van der Waals surface area contributed by atoms with E-state index in [0.29, 0.717) is 22.9 Å². The Morgan fingerprint density at radius 2 is 1.84 bits per heavy atom. The first-order valence-corrected chi connectivity index (χ1v) is 12.2. The number of methoxy groups -OCH3 is 1. The molecule has 0 radical (unpaired) electrons. The van der Waals surface area contributed by atoms with Crippen molar-refractivity contribution in [2.24, 2.45) is 0 Å². The topological polar surface area (TPSA) is 96.0 Å². The molecule has 32 heavy (non-hydrogen) atoms. The van der Waals surface area contributed by atoms with E-state index in [2.05, 4.69) is 5.32 Å². The first kappa shape index (κ1) is 25.5. The number of hydrogen-bond acceptors (Lipinski definition) is 5. The summed E-state index contributed by atoms with van der Waals surface area (Å²) >= 11 is 6.07. The summed E-state index contributed by atoms with van der Waals surface area (Å²) in [5, 5.41) is 3.20. The highest BCUT2D eigenvalue weighted by atomic mass is 35.5. The quantitative estimate of drug-likeness (QED) is 0.562. The highest BCUT2D eigenvalue weighted by Gasteiger charge is 2.30. The largest absolute Gasteiger partial charge is 0.497 e. The van der Waals surface area contributed by atoms with Crippen LogP contribution in [0.3, 0.4) is 0 Å². The molecule has 0 saturated heterocycles. The molecule has 2 amide bonds. The molecule has 1 unspecified atom stereocenters. The Labute approximate surface area is 194 Å². The van der Waals surface area contributed by atoms with Crippen molar-refractivity contribution < 1.29 is 22.7 Å². The lowest BCUT2D eigenvalue weighted by atomic mass is 10.1. The summed E-state index contributed by atoms with van der Waals surface area (Å²) in [7, 11) is -2.33. The number of likely N-dealkylation sites (N-methyl/N-ethyl adjacent to an activating group) is 1. The summed E-state index contributed by atoms with van der Waals surface area (Å²) in [5.41, 5.74) is 1.00. The van der Waals surface area contributed by atoms with Crippen molar-refractivity contribution in [2.45, 2.75) is 26.4 Å². The molecule has 0 aliphatic rings. The van der Waals surface area contributed by atoms with Gasteiger partial charge in [-0.1, -0.05) is 29.8 Å². The van der Waals surface area contributed by atoms with Gasteiger partial charge >= 0.3 is 0 Å². The van der Waals surface area contributed by atoms with E-state index < -0.39 is 28.5 Å². The third kappa shape index (κ3) is 6.86. The number of amides is 2. The predicted octanol–water partition coefficient (Wildman–Crippen LogP) is 2.67. The third-order valence-corrected chi connectivity index (χ3v) is 6.16. The van der Waals surface area contributed by atoms with Crippen LogP contribution in [0.25, 0.3) is 0 Å². The van der Waals surface area contributed by atoms with E-state index >= 15 is 0 Å². The van der Waals surface area contributed by atoms with Crippen LogP contribution < -0.4 is 14.4 Å². The van der Waals surface area contributed by atoms with E-state index in [9.17, 15) is 18.0 Å². The van der Waals surface area contributed by atoms with Crippen molar-refractivity contribution in [1.29, 1.82) is 0 Å². The first-order valence-electron chi connectivity index (χ1n) is 10.00. The zero-order chi connectivity index (χ0) is 23.9. The summed E-state index contributed by atoms with van der Waals surface area (Å²) in [5.74, 6) is -0.415. The Bertz CT molecular complexity index is 1060. The maximum Gasteiger partial charge on any atom is 0.244 e. The number of benzene rings is 2. The molecule has 0 bridgehead atoms. The number of nitrogens with one attached hydrogen (secondary N) is 1. The lowest BCUT2D eigenvalue weighted by molar-refractivity contribution is -0.139. The van der Waals surface area contributed by atoms with Crippen molar-refractivity contribution in [3.8, 4) is 5.75 Å². The minimum atomic E-state index is -3.80. The number of nitrogens with zero attached hydrogens (tertiary/aromatic N) is 2. The van der Waals surface area contributed by atoms with Gasteiger partial charge in [0.2, 0.25) is 21.8 Å². The van der Waals surface area contributed by atoms with Crippen molar-refractivity contribution in [2.75, 3.05) is 30.8 Å². The molecule has 1 atom stereocenters. The maximum atomic E-state index is 13.3. The minimum Gasteiger partial charge on any atom is -0.497 e. The van der Waals surface area contributed by atoms with E-state index in [1.54, 1.807) is 56.3 Å². The minimum absolute atomic E-state index is 0.0907. The Morgan fingerprint density at radius 1 is 1.16 bits per heavy atom. The molecule has 0 aliphatic carbocycles. The Balaban J connectivity index is 2.39. The number of carbonyl (C=O) groups excluding carboxylic acids is 2. The second-order valence-corrected chi connectivity index (χ2v) is 9.54. The van der Waals surface area contributed by atoms with Crippen molar-refractivity contribution in [1.82, 2.24) is 10.2 Å². The summed E-state index contributed by atoms with van der Waals surface area (Å²) in [4.78, 5) is 27.2.